The lowest BCUT2D eigenvalue weighted by molar-refractivity contribution is -0.127. The maximum atomic E-state index is 13.8. The normalized spacial score (nSPS) is 15.7. The first kappa shape index (κ1) is 25.2. The van der Waals surface area contributed by atoms with E-state index >= 15 is 0 Å². The van der Waals surface area contributed by atoms with Crippen LogP contribution in [0.3, 0.4) is 0 Å². The van der Waals surface area contributed by atoms with Gasteiger partial charge >= 0.3 is 5.69 Å². The van der Waals surface area contributed by atoms with Gasteiger partial charge in [-0.1, -0.05) is 24.3 Å². The molecule has 1 aliphatic heterocycles. The summed E-state index contributed by atoms with van der Waals surface area (Å²) in [6.45, 7) is 1.66. The third kappa shape index (κ3) is 5.16. The first-order chi connectivity index (χ1) is 18.4. The molecule has 0 radical (unpaired) electrons. The second-order valence-electron chi connectivity index (χ2n) is 9.56. The predicted octanol–water partition coefficient (Wildman–Crippen LogP) is 3.07. The zero-order valence-corrected chi connectivity index (χ0v) is 21.5. The van der Waals surface area contributed by atoms with Crippen LogP contribution in [0.4, 0.5) is 5.82 Å². The van der Waals surface area contributed by atoms with Crippen molar-refractivity contribution in [3.63, 3.8) is 0 Å². The van der Waals surface area contributed by atoms with Gasteiger partial charge in [0, 0.05) is 25.7 Å². The van der Waals surface area contributed by atoms with Gasteiger partial charge < -0.3 is 20.3 Å². The number of likely N-dealkylation sites (N-methyl/N-ethyl adjacent to an activating group) is 1. The minimum Gasteiger partial charge on any atom is -0.457 e. The molecule has 3 heterocycles. The molecule has 10 heteroatoms. The van der Waals surface area contributed by atoms with Crippen LogP contribution in [0.25, 0.3) is 16.9 Å². The highest BCUT2D eigenvalue weighted by atomic mass is 16.5. The van der Waals surface area contributed by atoms with Crippen molar-refractivity contribution in [3.8, 4) is 17.2 Å². The molecule has 1 amide bonds. The van der Waals surface area contributed by atoms with Crippen molar-refractivity contribution >= 4 is 22.9 Å². The molecule has 38 heavy (non-hydrogen) atoms. The molecule has 2 aromatic carbocycles. The topological polar surface area (TPSA) is 112 Å². The van der Waals surface area contributed by atoms with Crippen molar-refractivity contribution in [2.75, 3.05) is 32.9 Å². The third-order valence-electron chi connectivity index (χ3n) is 6.59. The predicted molar refractivity (Wildman–Crippen MR) is 146 cm³/mol. The molecule has 0 spiro atoms. The monoisotopic (exact) mass is 513 g/mol. The van der Waals surface area contributed by atoms with Crippen LogP contribution in [0.15, 0.2) is 77.9 Å². The molecule has 1 atom stereocenters. The standard InChI is InChI=1S/C28H31N7O3/c1-32(2)16-7-11-24(36)33-17-6-8-21(33)18-34-27-25(26(29)30-19-31-27)35(28(34)37)20-12-14-23(15-13-20)38-22-9-4-3-5-10-22/h3-5,7,9-15,19,21H,6,8,16-18H2,1-2H3,(H2,29,30,31)/b11-7+/t21-/m0/s1. The Morgan fingerprint density at radius 1 is 1.11 bits per heavy atom. The molecule has 1 saturated heterocycles. The number of carbonyl (C=O) groups excluding carboxylic acids is 1. The second-order valence-corrected chi connectivity index (χ2v) is 9.56. The van der Waals surface area contributed by atoms with Gasteiger partial charge in [-0.2, -0.15) is 0 Å². The van der Waals surface area contributed by atoms with Gasteiger partial charge in [0.15, 0.2) is 11.5 Å². The van der Waals surface area contributed by atoms with Crippen molar-refractivity contribution in [1.82, 2.24) is 28.9 Å². The quantitative estimate of drug-likeness (QED) is 0.361. The van der Waals surface area contributed by atoms with Gasteiger partial charge in [0.05, 0.1) is 11.7 Å². The van der Waals surface area contributed by atoms with E-state index in [1.165, 1.54) is 10.9 Å². The highest BCUT2D eigenvalue weighted by Gasteiger charge is 2.30. The summed E-state index contributed by atoms with van der Waals surface area (Å²) in [5.74, 6) is 1.53. The number of carbonyl (C=O) groups is 1. The van der Waals surface area contributed by atoms with Crippen LogP contribution >= 0.6 is 0 Å². The van der Waals surface area contributed by atoms with Crippen LogP contribution in [-0.2, 0) is 11.3 Å². The van der Waals surface area contributed by atoms with Crippen molar-refractivity contribution in [3.05, 3.63) is 83.6 Å². The van der Waals surface area contributed by atoms with E-state index in [4.69, 9.17) is 10.5 Å². The van der Waals surface area contributed by atoms with Gasteiger partial charge in [-0.25, -0.2) is 14.8 Å². The molecular weight excluding hydrogens is 482 g/mol. The maximum absolute atomic E-state index is 13.8. The molecule has 2 aromatic heterocycles. The van der Waals surface area contributed by atoms with E-state index in [9.17, 15) is 9.59 Å². The van der Waals surface area contributed by atoms with Gasteiger partial charge in [0.1, 0.15) is 23.3 Å². The highest BCUT2D eigenvalue weighted by molar-refractivity contribution is 5.88. The lowest BCUT2D eigenvalue weighted by atomic mass is 10.2. The number of para-hydroxylation sites is 1. The number of hydrogen-bond donors (Lipinski definition) is 1. The van der Waals surface area contributed by atoms with Gasteiger partial charge in [0.25, 0.3) is 0 Å². The summed E-state index contributed by atoms with van der Waals surface area (Å²) >= 11 is 0. The molecule has 4 aromatic rings. The number of likely N-dealkylation sites (tertiary alicyclic amines) is 1. The molecule has 0 bridgehead atoms. The molecule has 2 N–H and O–H groups in total. The van der Waals surface area contributed by atoms with Gasteiger partial charge in [-0.05, 0) is 63.3 Å². The number of nitrogens with zero attached hydrogens (tertiary/aromatic N) is 6. The van der Waals surface area contributed by atoms with Crippen LogP contribution < -0.4 is 16.2 Å². The van der Waals surface area contributed by atoms with Crippen molar-refractivity contribution in [2.24, 2.45) is 0 Å². The smallest absolute Gasteiger partial charge is 0.335 e. The molecular formula is C28H31N7O3. The first-order valence-electron chi connectivity index (χ1n) is 12.6. The minimum absolute atomic E-state index is 0.0470. The highest BCUT2D eigenvalue weighted by Crippen LogP contribution is 2.26. The van der Waals surface area contributed by atoms with Crippen molar-refractivity contribution < 1.29 is 9.53 Å². The Labute approximate surface area is 220 Å². The number of benzene rings is 2. The summed E-state index contributed by atoms with van der Waals surface area (Å²) in [5.41, 5.74) is 7.46. The summed E-state index contributed by atoms with van der Waals surface area (Å²) in [4.78, 5) is 39.0. The van der Waals surface area contributed by atoms with Crippen LogP contribution in [0.1, 0.15) is 12.8 Å². The third-order valence-corrected chi connectivity index (χ3v) is 6.59. The average molecular weight is 514 g/mol. The van der Waals surface area contributed by atoms with Crippen LogP contribution in [0.5, 0.6) is 11.5 Å². The van der Waals surface area contributed by atoms with Gasteiger partial charge in [-0.3, -0.25) is 13.9 Å². The average Bonchev–Trinajstić information content (AvgIpc) is 3.49. The summed E-state index contributed by atoms with van der Waals surface area (Å²) in [6, 6.07) is 16.6. The Morgan fingerprint density at radius 2 is 1.84 bits per heavy atom. The van der Waals surface area contributed by atoms with Crippen molar-refractivity contribution in [2.45, 2.75) is 25.4 Å². The number of rotatable bonds is 8. The maximum Gasteiger partial charge on any atom is 0.335 e. The number of fused-ring (bicyclic) bond motifs is 1. The summed E-state index contributed by atoms with van der Waals surface area (Å²) < 4.78 is 9.01. The van der Waals surface area contributed by atoms with Crippen molar-refractivity contribution in [1.29, 1.82) is 0 Å². The van der Waals surface area contributed by atoms with Crippen LogP contribution in [0, 0.1) is 0 Å². The van der Waals surface area contributed by atoms with E-state index in [2.05, 4.69) is 9.97 Å². The van der Waals surface area contributed by atoms with E-state index in [1.54, 1.807) is 34.9 Å². The number of anilines is 1. The van der Waals surface area contributed by atoms with Gasteiger partial charge in [0.2, 0.25) is 5.91 Å². The molecule has 0 saturated carbocycles. The van der Waals surface area contributed by atoms with Crippen LogP contribution in [0.2, 0.25) is 0 Å². The largest absolute Gasteiger partial charge is 0.457 e. The summed E-state index contributed by atoms with van der Waals surface area (Å²) in [7, 11) is 3.90. The first-order valence-corrected chi connectivity index (χ1v) is 12.6. The number of amides is 1. The second kappa shape index (κ2) is 10.9. The summed E-state index contributed by atoms with van der Waals surface area (Å²) in [6.07, 6.45) is 6.51. The number of imidazole rings is 1. The zero-order valence-electron chi connectivity index (χ0n) is 21.5. The fourth-order valence-corrected chi connectivity index (χ4v) is 4.78. The molecule has 5 rings (SSSR count). The molecule has 0 aliphatic carbocycles. The lowest BCUT2D eigenvalue weighted by Gasteiger charge is -2.23. The zero-order chi connectivity index (χ0) is 26.6. The Kier molecular flexibility index (Phi) is 7.23. The SMILES string of the molecule is CN(C)C/C=C/C(=O)N1CCC[C@H]1Cn1c(=O)n(-c2ccc(Oc3ccccc3)cc2)c2c(N)ncnc21. The number of nitrogens with two attached hydrogens (primary N) is 1. The number of aromatic nitrogens is 4. The number of ether oxygens (including phenoxy) is 1. The minimum atomic E-state index is -0.286. The lowest BCUT2D eigenvalue weighted by Crippen LogP contribution is -2.39. The Hall–Kier alpha value is -4.44. The van der Waals surface area contributed by atoms with Crippen LogP contribution in [-0.4, -0.2) is 68.0 Å². The molecule has 0 unspecified atom stereocenters. The van der Waals surface area contributed by atoms with Gasteiger partial charge in [-0.15, -0.1) is 0 Å². The molecule has 1 aliphatic rings. The molecule has 1 fully saturated rings. The van der Waals surface area contributed by atoms with E-state index in [-0.39, 0.29) is 23.5 Å². The molecule has 10 nitrogen and oxygen atoms in total. The fourth-order valence-electron chi connectivity index (χ4n) is 4.78. The Bertz CT molecular complexity index is 1510. The Morgan fingerprint density at radius 3 is 2.58 bits per heavy atom. The fraction of sp³-hybridized carbons (Fsp3) is 0.286. The van der Waals surface area contributed by atoms with E-state index in [0.717, 1.165) is 18.6 Å². The summed E-state index contributed by atoms with van der Waals surface area (Å²) in [5, 5.41) is 0. The van der Waals surface area contributed by atoms with E-state index < -0.39 is 0 Å². The van der Waals surface area contributed by atoms with E-state index in [1.807, 2.05) is 60.3 Å². The number of hydrogen-bond acceptors (Lipinski definition) is 7. The Balaban J connectivity index is 1.45. The molecule has 196 valence electrons. The van der Waals surface area contributed by atoms with E-state index in [0.29, 0.717) is 42.2 Å². The number of nitrogen functional groups attached to an aromatic ring is 1.